The summed E-state index contributed by atoms with van der Waals surface area (Å²) in [6.07, 6.45) is 1.41. The fraction of sp³-hybridized carbons (Fsp3) is 0.357. The molecule has 7 heteroatoms. The molecule has 1 aromatic carbocycles. The number of rotatable bonds is 6. The molecule has 2 rings (SSSR count). The lowest BCUT2D eigenvalue weighted by atomic mass is 10.1. The number of nitrogens with zero attached hydrogens (tertiary/aromatic N) is 1. The summed E-state index contributed by atoms with van der Waals surface area (Å²) in [4.78, 5) is 21.8. The van der Waals surface area contributed by atoms with E-state index in [2.05, 4.69) is 0 Å². The highest BCUT2D eigenvalue weighted by Gasteiger charge is 2.16. The molecule has 0 atom stereocenters. The van der Waals surface area contributed by atoms with Gasteiger partial charge in [-0.1, -0.05) is 6.07 Å². The van der Waals surface area contributed by atoms with Gasteiger partial charge in [0.25, 0.3) is 0 Å². The first kappa shape index (κ1) is 14.8. The fourth-order valence-electron chi connectivity index (χ4n) is 1.87. The van der Waals surface area contributed by atoms with E-state index in [-0.39, 0.29) is 31.9 Å². The molecule has 1 aromatic rings. The van der Waals surface area contributed by atoms with Gasteiger partial charge in [0.1, 0.15) is 0 Å². The normalized spacial score (nSPS) is 13.1. The van der Waals surface area contributed by atoms with Gasteiger partial charge in [-0.05, 0) is 24.6 Å². The first-order valence-corrected chi connectivity index (χ1v) is 6.50. The van der Waals surface area contributed by atoms with Crippen LogP contribution in [0.5, 0.6) is 11.5 Å². The molecule has 0 fully saturated rings. The van der Waals surface area contributed by atoms with Crippen LogP contribution in [0.3, 0.4) is 0 Å². The molecule has 0 radical (unpaired) electrons. The number of allylic oxidation sites excluding steroid dienone is 1. The van der Waals surface area contributed by atoms with Gasteiger partial charge >= 0.3 is 5.97 Å². The zero-order valence-electron chi connectivity index (χ0n) is 11.5. The van der Waals surface area contributed by atoms with Crippen LogP contribution < -0.4 is 9.47 Å². The lowest BCUT2D eigenvalue weighted by Gasteiger charge is -2.02. The van der Waals surface area contributed by atoms with Crippen LogP contribution in [0.2, 0.25) is 0 Å². The molecular weight excluding hydrogens is 278 g/mol. The maximum Gasteiger partial charge on any atom is 0.306 e. The Labute approximate surface area is 121 Å². The molecule has 0 saturated carbocycles. The molecular formula is C14H15NO6. The number of esters is 1. The smallest absolute Gasteiger partial charge is 0.306 e. The van der Waals surface area contributed by atoms with E-state index in [9.17, 15) is 14.9 Å². The first-order chi connectivity index (χ1) is 10.1. The van der Waals surface area contributed by atoms with E-state index in [4.69, 9.17) is 14.2 Å². The standard InChI is InChI=1S/C14H15NO6/c1-2-19-14(16)6-4-11(15(17)18)7-10-3-5-12-13(8-10)21-9-20-12/h3,5,7-8H,2,4,6,9H2,1H3/b11-7+. The summed E-state index contributed by atoms with van der Waals surface area (Å²) in [5, 5.41) is 11.0. The van der Waals surface area contributed by atoms with E-state index >= 15 is 0 Å². The number of hydrogen-bond acceptors (Lipinski definition) is 6. The molecule has 1 aliphatic heterocycles. The highest BCUT2D eigenvalue weighted by molar-refractivity contribution is 5.70. The molecule has 0 aliphatic carbocycles. The lowest BCUT2D eigenvalue weighted by molar-refractivity contribution is -0.426. The molecule has 0 N–H and O–H groups in total. The van der Waals surface area contributed by atoms with Gasteiger partial charge in [0, 0.05) is 12.5 Å². The van der Waals surface area contributed by atoms with Crippen LogP contribution >= 0.6 is 0 Å². The summed E-state index contributed by atoms with van der Waals surface area (Å²) >= 11 is 0. The van der Waals surface area contributed by atoms with Gasteiger partial charge in [-0.15, -0.1) is 0 Å². The molecule has 0 aromatic heterocycles. The maximum atomic E-state index is 11.3. The summed E-state index contributed by atoms with van der Waals surface area (Å²) in [6, 6.07) is 5.05. The van der Waals surface area contributed by atoms with Crippen molar-refractivity contribution >= 4 is 12.0 Å². The Kier molecular flexibility index (Phi) is 4.76. The minimum Gasteiger partial charge on any atom is -0.466 e. The topological polar surface area (TPSA) is 87.9 Å². The maximum absolute atomic E-state index is 11.3. The number of carbonyl (C=O) groups excluding carboxylic acids is 1. The minimum absolute atomic E-state index is 0.0142. The van der Waals surface area contributed by atoms with Crippen molar-refractivity contribution in [2.45, 2.75) is 19.8 Å². The van der Waals surface area contributed by atoms with Crippen molar-refractivity contribution in [1.82, 2.24) is 0 Å². The Morgan fingerprint density at radius 3 is 2.86 bits per heavy atom. The zero-order chi connectivity index (χ0) is 15.2. The van der Waals surface area contributed by atoms with Gasteiger partial charge in [0.2, 0.25) is 12.5 Å². The minimum atomic E-state index is -0.496. The Bertz CT molecular complexity index is 581. The van der Waals surface area contributed by atoms with Gasteiger partial charge in [-0.2, -0.15) is 0 Å². The van der Waals surface area contributed by atoms with E-state index in [1.54, 1.807) is 25.1 Å². The predicted molar refractivity (Wildman–Crippen MR) is 73.4 cm³/mol. The third-order valence-electron chi connectivity index (χ3n) is 2.86. The summed E-state index contributed by atoms with van der Waals surface area (Å²) < 4.78 is 15.1. The monoisotopic (exact) mass is 293 g/mol. The van der Waals surface area contributed by atoms with E-state index in [0.29, 0.717) is 17.1 Å². The summed E-state index contributed by atoms with van der Waals surface area (Å²) in [5.74, 6) is 0.717. The van der Waals surface area contributed by atoms with Crippen molar-refractivity contribution in [3.8, 4) is 11.5 Å². The number of benzene rings is 1. The van der Waals surface area contributed by atoms with E-state index in [0.717, 1.165) is 0 Å². The largest absolute Gasteiger partial charge is 0.466 e. The third kappa shape index (κ3) is 3.95. The molecule has 1 heterocycles. The van der Waals surface area contributed by atoms with Crippen molar-refractivity contribution in [3.05, 3.63) is 39.6 Å². The lowest BCUT2D eigenvalue weighted by Crippen LogP contribution is -2.07. The molecule has 21 heavy (non-hydrogen) atoms. The van der Waals surface area contributed by atoms with Crippen molar-refractivity contribution in [3.63, 3.8) is 0 Å². The Hall–Kier alpha value is -2.57. The van der Waals surface area contributed by atoms with Crippen molar-refractivity contribution < 1.29 is 23.9 Å². The highest BCUT2D eigenvalue weighted by Crippen LogP contribution is 2.33. The fourth-order valence-corrected chi connectivity index (χ4v) is 1.87. The zero-order valence-corrected chi connectivity index (χ0v) is 11.5. The quantitative estimate of drug-likeness (QED) is 0.454. The Balaban J connectivity index is 2.10. The summed E-state index contributed by atoms with van der Waals surface area (Å²) in [5.41, 5.74) is 0.566. The van der Waals surface area contributed by atoms with Gasteiger partial charge < -0.3 is 14.2 Å². The van der Waals surface area contributed by atoms with Gasteiger partial charge in [0.05, 0.1) is 18.0 Å². The van der Waals surface area contributed by atoms with Crippen LogP contribution in [0, 0.1) is 10.1 Å². The molecule has 0 spiro atoms. The Morgan fingerprint density at radius 2 is 2.14 bits per heavy atom. The second-order valence-corrected chi connectivity index (χ2v) is 4.31. The van der Waals surface area contributed by atoms with Crippen LogP contribution in [0.15, 0.2) is 23.9 Å². The van der Waals surface area contributed by atoms with Crippen LogP contribution in [-0.4, -0.2) is 24.3 Å². The second-order valence-electron chi connectivity index (χ2n) is 4.31. The molecule has 7 nitrogen and oxygen atoms in total. The Morgan fingerprint density at radius 1 is 1.38 bits per heavy atom. The number of carbonyl (C=O) groups is 1. The van der Waals surface area contributed by atoms with Crippen molar-refractivity contribution in [2.24, 2.45) is 0 Å². The number of hydrogen-bond donors (Lipinski definition) is 0. The molecule has 1 aliphatic rings. The summed E-state index contributed by atoms with van der Waals surface area (Å²) in [6.45, 7) is 2.10. The molecule has 112 valence electrons. The SMILES string of the molecule is CCOC(=O)CC/C(=C\c1ccc2c(c1)OCO2)[N+](=O)[O-]. The van der Waals surface area contributed by atoms with Crippen LogP contribution in [0.25, 0.3) is 6.08 Å². The molecule has 0 bridgehead atoms. The average molecular weight is 293 g/mol. The third-order valence-corrected chi connectivity index (χ3v) is 2.86. The van der Waals surface area contributed by atoms with E-state index in [1.165, 1.54) is 6.08 Å². The highest BCUT2D eigenvalue weighted by atomic mass is 16.7. The second kappa shape index (κ2) is 6.74. The van der Waals surface area contributed by atoms with E-state index in [1.807, 2.05) is 0 Å². The van der Waals surface area contributed by atoms with Gasteiger partial charge in [0.15, 0.2) is 11.5 Å². The molecule has 0 saturated heterocycles. The number of ether oxygens (including phenoxy) is 3. The first-order valence-electron chi connectivity index (χ1n) is 6.50. The number of nitro groups is 1. The molecule has 0 unspecified atom stereocenters. The van der Waals surface area contributed by atoms with Crippen LogP contribution in [0.1, 0.15) is 25.3 Å². The van der Waals surface area contributed by atoms with Crippen LogP contribution in [0.4, 0.5) is 0 Å². The number of fused-ring (bicyclic) bond motifs is 1. The average Bonchev–Trinajstić information content (AvgIpc) is 2.90. The van der Waals surface area contributed by atoms with Crippen LogP contribution in [-0.2, 0) is 9.53 Å². The van der Waals surface area contributed by atoms with Gasteiger partial charge in [-0.3, -0.25) is 14.9 Å². The molecule has 0 amide bonds. The van der Waals surface area contributed by atoms with E-state index < -0.39 is 10.9 Å². The predicted octanol–water partition coefficient (Wildman–Crippen LogP) is 2.38. The van der Waals surface area contributed by atoms with Gasteiger partial charge in [-0.25, -0.2) is 0 Å². The van der Waals surface area contributed by atoms with Crippen molar-refractivity contribution in [2.75, 3.05) is 13.4 Å². The van der Waals surface area contributed by atoms with Crippen molar-refractivity contribution in [1.29, 1.82) is 0 Å². The summed E-state index contributed by atoms with van der Waals surface area (Å²) in [7, 11) is 0.